The molecule has 2 rings (SSSR count). The van der Waals surface area contributed by atoms with Crippen LogP contribution >= 0.6 is 0 Å². The van der Waals surface area contributed by atoms with E-state index in [2.05, 4.69) is 0 Å². The van der Waals surface area contributed by atoms with Crippen LogP contribution in [0.4, 0.5) is 4.79 Å². The molecule has 0 radical (unpaired) electrons. The minimum Gasteiger partial charge on any atom is -0.443 e. The average molecular weight is 260 g/mol. The van der Waals surface area contributed by atoms with Crippen LogP contribution in [-0.4, -0.2) is 22.8 Å². The van der Waals surface area contributed by atoms with E-state index in [0.29, 0.717) is 13.0 Å². The van der Waals surface area contributed by atoms with Gasteiger partial charge in [0, 0.05) is 17.5 Å². The van der Waals surface area contributed by atoms with Gasteiger partial charge < -0.3 is 10.5 Å². The second-order valence-corrected chi connectivity index (χ2v) is 5.55. The Morgan fingerprint density at radius 3 is 2.63 bits per heavy atom. The van der Waals surface area contributed by atoms with Crippen LogP contribution in [0.2, 0.25) is 0 Å². The first kappa shape index (κ1) is 13.6. The maximum Gasteiger partial charge on any atom is 0.419 e. The largest absolute Gasteiger partial charge is 0.443 e. The van der Waals surface area contributed by atoms with E-state index < -0.39 is 5.60 Å². The molecule has 4 heteroatoms. The number of fused-ring (bicyclic) bond motifs is 1. The predicted octanol–water partition coefficient (Wildman–Crippen LogP) is 2.93. The highest BCUT2D eigenvalue weighted by Crippen LogP contribution is 2.22. The van der Waals surface area contributed by atoms with Gasteiger partial charge in [-0.2, -0.15) is 0 Å². The van der Waals surface area contributed by atoms with E-state index in [1.54, 1.807) is 4.57 Å². The number of hydrogen-bond donors (Lipinski definition) is 1. The molecular weight excluding hydrogens is 240 g/mol. The second kappa shape index (κ2) is 5.05. The highest BCUT2D eigenvalue weighted by Gasteiger charge is 2.21. The Hall–Kier alpha value is -1.81. The van der Waals surface area contributed by atoms with Crippen molar-refractivity contribution in [3.63, 3.8) is 0 Å². The number of rotatable bonds is 2. The highest BCUT2D eigenvalue weighted by molar-refractivity contribution is 5.91. The Kier molecular flexibility index (Phi) is 3.62. The van der Waals surface area contributed by atoms with Crippen molar-refractivity contribution in [2.75, 3.05) is 6.54 Å². The van der Waals surface area contributed by atoms with Gasteiger partial charge in [0.05, 0.1) is 5.52 Å². The van der Waals surface area contributed by atoms with Crippen LogP contribution < -0.4 is 5.73 Å². The molecule has 0 spiro atoms. The van der Waals surface area contributed by atoms with E-state index in [-0.39, 0.29) is 6.09 Å². The molecule has 1 aromatic heterocycles. The molecule has 2 N–H and O–H groups in total. The van der Waals surface area contributed by atoms with E-state index >= 15 is 0 Å². The standard InChI is InChI=1S/C15H20N2O2/c1-15(2,3)19-14(18)17-12(8-9-16)10-11-6-4-5-7-13(11)17/h4-7,10H,8-9,16H2,1-3H3. The fourth-order valence-electron chi connectivity index (χ4n) is 2.07. The summed E-state index contributed by atoms with van der Waals surface area (Å²) in [5.41, 5.74) is 6.85. The molecule has 1 heterocycles. The number of carbonyl (C=O) groups excluding carboxylic acids is 1. The molecule has 2 aromatic rings. The zero-order chi connectivity index (χ0) is 14.0. The summed E-state index contributed by atoms with van der Waals surface area (Å²) in [7, 11) is 0. The monoisotopic (exact) mass is 260 g/mol. The van der Waals surface area contributed by atoms with Gasteiger partial charge in [-0.15, -0.1) is 0 Å². The lowest BCUT2D eigenvalue weighted by atomic mass is 10.2. The Balaban J connectivity index is 2.50. The van der Waals surface area contributed by atoms with E-state index in [9.17, 15) is 4.79 Å². The third-order valence-corrected chi connectivity index (χ3v) is 2.76. The summed E-state index contributed by atoms with van der Waals surface area (Å²) in [6.45, 7) is 6.08. The van der Waals surface area contributed by atoms with Crippen molar-refractivity contribution >= 4 is 17.0 Å². The lowest BCUT2D eigenvalue weighted by Crippen LogP contribution is -2.28. The summed E-state index contributed by atoms with van der Waals surface area (Å²) >= 11 is 0. The van der Waals surface area contributed by atoms with E-state index in [1.807, 2.05) is 51.1 Å². The summed E-state index contributed by atoms with van der Waals surface area (Å²) in [4.78, 5) is 12.3. The van der Waals surface area contributed by atoms with Crippen molar-refractivity contribution in [2.24, 2.45) is 5.73 Å². The molecule has 0 aliphatic carbocycles. The number of carbonyl (C=O) groups is 1. The Bertz CT molecular complexity index is 594. The quantitative estimate of drug-likeness (QED) is 0.903. The molecular formula is C15H20N2O2. The Morgan fingerprint density at radius 1 is 1.32 bits per heavy atom. The lowest BCUT2D eigenvalue weighted by molar-refractivity contribution is 0.0540. The first-order valence-electron chi connectivity index (χ1n) is 6.45. The Labute approximate surface area is 113 Å². The maximum absolute atomic E-state index is 12.3. The van der Waals surface area contributed by atoms with Gasteiger partial charge in [-0.3, -0.25) is 0 Å². The van der Waals surface area contributed by atoms with Gasteiger partial charge >= 0.3 is 6.09 Å². The summed E-state index contributed by atoms with van der Waals surface area (Å²) in [6, 6.07) is 9.75. The van der Waals surface area contributed by atoms with Gasteiger partial charge in [0.25, 0.3) is 0 Å². The first-order valence-corrected chi connectivity index (χ1v) is 6.45. The van der Waals surface area contributed by atoms with Gasteiger partial charge in [-0.25, -0.2) is 9.36 Å². The molecule has 1 aromatic carbocycles. The van der Waals surface area contributed by atoms with Gasteiger partial charge in [0.15, 0.2) is 0 Å². The molecule has 0 aliphatic heterocycles. The molecule has 4 nitrogen and oxygen atoms in total. The highest BCUT2D eigenvalue weighted by atomic mass is 16.6. The third-order valence-electron chi connectivity index (χ3n) is 2.76. The summed E-state index contributed by atoms with van der Waals surface area (Å²) in [5.74, 6) is 0. The summed E-state index contributed by atoms with van der Waals surface area (Å²) in [6.07, 6.45) is 0.297. The minimum absolute atomic E-state index is 0.350. The van der Waals surface area contributed by atoms with Crippen LogP contribution in [0.25, 0.3) is 10.9 Å². The summed E-state index contributed by atoms with van der Waals surface area (Å²) < 4.78 is 7.08. The average Bonchev–Trinajstić information content (AvgIpc) is 2.65. The molecule has 0 saturated carbocycles. The fraction of sp³-hybridized carbons (Fsp3) is 0.400. The smallest absolute Gasteiger partial charge is 0.419 e. The van der Waals surface area contributed by atoms with Crippen molar-refractivity contribution in [1.29, 1.82) is 0 Å². The molecule has 19 heavy (non-hydrogen) atoms. The molecule has 0 fully saturated rings. The first-order chi connectivity index (χ1) is 8.92. The Morgan fingerprint density at radius 2 is 2.00 bits per heavy atom. The molecule has 102 valence electrons. The topological polar surface area (TPSA) is 57.2 Å². The van der Waals surface area contributed by atoms with Gasteiger partial charge in [0.2, 0.25) is 0 Å². The normalized spacial score (nSPS) is 11.8. The zero-order valence-corrected chi connectivity index (χ0v) is 11.6. The van der Waals surface area contributed by atoms with Crippen LogP contribution in [0.1, 0.15) is 26.5 Å². The van der Waals surface area contributed by atoms with Crippen LogP contribution in [0, 0.1) is 0 Å². The molecule has 0 bridgehead atoms. The van der Waals surface area contributed by atoms with Gasteiger partial charge in [-0.05, 0) is 39.4 Å². The van der Waals surface area contributed by atoms with Crippen LogP contribution in [0.3, 0.4) is 0 Å². The van der Waals surface area contributed by atoms with Crippen molar-refractivity contribution in [3.05, 3.63) is 36.0 Å². The van der Waals surface area contributed by atoms with Crippen molar-refractivity contribution in [2.45, 2.75) is 32.8 Å². The zero-order valence-electron chi connectivity index (χ0n) is 11.6. The molecule has 0 unspecified atom stereocenters. The van der Waals surface area contributed by atoms with Gasteiger partial charge in [0.1, 0.15) is 5.60 Å². The molecule has 0 atom stereocenters. The number of hydrogen-bond acceptors (Lipinski definition) is 3. The van der Waals surface area contributed by atoms with Crippen LogP contribution in [0.15, 0.2) is 30.3 Å². The SMILES string of the molecule is CC(C)(C)OC(=O)n1c(CCN)cc2ccccc21. The summed E-state index contributed by atoms with van der Waals surface area (Å²) in [5, 5.41) is 1.02. The number of ether oxygens (including phenoxy) is 1. The van der Waals surface area contributed by atoms with Crippen molar-refractivity contribution in [1.82, 2.24) is 4.57 Å². The number of benzene rings is 1. The number of nitrogens with two attached hydrogens (primary N) is 1. The fourth-order valence-corrected chi connectivity index (χ4v) is 2.07. The van der Waals surface area contributed by atoms with E-state index in [0.717, 1.165) is 16.6 Å². The van der Waals surface area contributed by atoms with E-state index in [4.69, 9.17) is 10.5 Å². The number of para-hydroxylation sites is 1. The van der Waals surface area contributed by atoms with Crippen LogP contribution in [0.5, 0.6) is 0 Å². The second-order valence-electron chi connectivity index (χ2n) is 5.55. The van der Waals surface area contributed by atoms with Crippen LogP contribution in [-0.2, 0) is 11.2 Å². The van der Waals surface area contributed by atoms with Crippen molar-refractivity contribution < 1.29 is 9.53 Å². The predicted molar refractivity (Wildman–Crippen MR) is 76.3 cm³/mol. The van der Waals surface area contributed by atoms with E-state index in [1.165, 1.54) is 0 Å². The molecule has 0 aliphatic rings. The lowest BCUT2D eigenvalue weighted by Gasteiger charge is -2.20. The minimum atomic E-state index is -0.511. The molecule has 0 saturated heterocycles. The number of aromatic nitrogens is 1. The van der Waals surface area contributed by atoms with Crippen molar-refractivity contribution in [3.8, 4) is 0 Å². The molecule has 0 amide bonds. The van der Waals surface area contributed by atoms with Gasteiger partial charge in [-0.1, -0.05) is 18.2 Å². The maximum atomic E-state index is 12.3. The number of nitrogens with zero attached hydrogens (tertiary/aromatic N) is 1. The third kappa shape index (κ3) is 2.96.